The van der Waals surface area contributed by atoms with E-state index >= 15 is 0 Å². The molecule has 2 aliphatic carbocycles. The molecule has 0 nitrogen and oxygen atoms in total. The molecule has 6 rings (SSSR count). The minimum Gasteiger partial charge on any atom is -0.179 e. The van der Waals surface area contributed by atoms with Gasteiger partial charge in [-0.2, -0.15) is 35.9 Å². The van der Waals surface area contributed by atoms with Crippen molar-refractivity contribution in [1.82, 2.24) is 0 Å². The molecular weight excluding hydrogens is 464 g/mol. The van der Waals surface area contributed by atoms with Crippen LogP contribution in [0.2, 0.25) is 0 Å². The Morgan fingerprint density at radius 1 is 0.688 bits per heavy atom. The van der Waals surface area contributed by atoms with Crippen molar-refractivity contribution in [3.05, 3.63) is 156 Å². The largest absolute Gasteiger partial charge is 0.179 e. The Hall–Kier alpha value is -2.89. The van der Waals surface area contributed by atoms with Crippen LogP contribution in [0.5, 0.6) is 0 Å². The minimum absolute atomic E-state index is 1.01. The van der Waals surface area contributed by atoms with Crippen molar-refractivity contribution in [3.8, 4) is 11.1 Å². The quantitative estimate of drug-likeness (QED) is 0.232. The Balaban J connectivity index is 0.000000127. The fourth-order valence-corrected chi connectivity index (χ4v) is 4.53. The summed E-state index contributed by atoms with van der Waals surface area (Å²) < 4.78 is 1.42. The first kappa shape index (κ1) is 22.3. The number of benzene rings is 4. The summed E-state index contributed by atoms with van der Waals surface area (Å²) in [6.07, 6.45) is 11.0. The summed E-state index contributed by atoms with van der Waals surface area (Å²) in [7, 11) is 0. The number of fused-ring (bicyclic) bond motifs is 3. The van der Waals surface area contributed by atoms with Gasteiger partial charge in [0, 0.05) is 0 Å². The Bertz CT molecular complexity index is 1120. The second kappa shape index (κ2) is 11.7. The molecule has 0 aliphatic heterocycles. The smallest absolute Gasteiger partial charge is 0.0253 e. The molecule has 4 aromatic rings. The first-order chi connectivity index (χ1) is 15.8. The third kappa shape index (κ3) is 5.87. The van der Waals surface area contributed by atoms with Gasteiger partial charge in [-0.25, -0.2) is 12.2 Å². The number of hydrogen-bond donors (Lipinski definition) is 0. The molecule has 0 unspecified atom stereocenters. The average Bonchev–Trinajstić information content (AvgIpc) is 3.57. The topological polar surface area (TPSA) is 0 Å². The van der Waals surface area contributed by atoms with Gasteiger partial charge in [-0.05, 0) is 6.42 Å². The van der Waals surface area contributed by atoms with Gasteiger partial charge >= 0.3 is 99.2 Å². The molecule has 1 heteroatoms. The fraction of sp³-hybridized carbons (Fsp3) is 0.0645. The molecule has 0 heterocycles. The molecule has 32 heavy (non-hydrogen) atoms. The zero-order valence-corrected chi connectivity index (χ0v) is 20.4. The van der Waals surface area contributed by atoms with E-state index in [1.54, 1.807) is 0 Å². The second-order valence-corrected chi connectivity index (χ2v) is 8.74. The van der Waals surface area contributed by atoms with Crippen LogP contribution in [-0.2, 0) is 30.7 Å². The number of allylic oxidation sites excluding steroid dienone is 4. The molecule has 0 saturated heterocycles. The van der Waals surface area contributed by atoms with Crippen molar-refractivity contribution in [2.45, 2.75) is 12.8 Å². The van der Waals surface area contributed by atoms with Crippen LogP contribution in [0.4, 0.5) is 0 Å². The molecule has 152 valence electrons. The normalized spacial score (nSPS) is 12.1. The van der Waals surface area contributed by atoms with Crippen molar-refractivity contribution in [2.75, 3.05) is 0 Å². The van der Waals surface area contributed by atoms with Crippen molar-refractivity contribution in [2.24, 2.45) is 0 Å². The van der Waals surface area contributed by atoms with Crippen LogP contribution in [0.25, 0.3) is 11.1 Å². The van der Waals surface area contributed by atoms with Gasteiger partial charge in [0.05, 0.1) is 0 Å². The van der Waals surface area contributed by atoms with Gasteiger partial charge in [0.1, 0.15) is 0 Å². The van der Waals surface area contributed by atoms with Gasteiger partial charge in [0.15, 0.2) is 0 Å². The Labute approximate surface area is 206 Å². The van der Waals surface area contributed by atoms with Gasteiger partial charge in [0.25, 0.3) is 0 Å². The van der Waals surface area contributed by atoms with E-state index in [0.29, 0.717) is 0 Å². The summed E-state index contributed by atoms with van der Waals surface area (Å²) in [4.78, 5) is 0. The van der Waals surface area contributed by atoms with Crippen LogP contribution in [0.3, 0.4) is 0 Å². The molecule has 2 aliphatic rings. The standard InChI is InChI=1S/C13H9.C13H10.C5H5.Zr/c1-3-7-12-10(5-1)9-11-6-2-4-8-13(11)12;1-3-7-12(8-4-1)11-13-9-5-2-6-10-13;1-2-4-5-3-1;/h1-5,7-8H,9H2;1-10H;1-3H,4H2;/q-1;;-1;+2. The predicted octanol–water partition coefficient (Wildman–Crippen LogP) is 7.17. The zero-order chi connectivity index (χ0) is 22.0. The van der Waals surface area contributed by atoms with E-state index in [0.717, 1.165) is 12.8 Å². The minimum atomic E-state index is 1.01. The van der Waals surface area contributed by atoms with E-state index in [1.807, 2.05) is 18.2 Å². The zero-order valence-electron chi connectivity index (χ0n) is 18.0. The molecule has 4 aromatic carbocycles. The summed E-state index contributed by atoms with van der Waals surface area (Å²) in [5.74, 6) is 0. The van der Waals surface area contributed by atoms with Crippen molar-refractivity contribution < 1.29 is 24.2 Å². The van der Waals surface area contributed by atoms with Gasteiger partial charge in [-0.3, -0.25) is 6.08 Å². The maximum Gasteiger partial charge on any atom is -0.0253 e. The Kier molecular flexibility index (Phi) is 8.13. The molecule has 0 atom stereocenters. The fourth-order valence-electron chi connectivity index (χ4n) is 3.71. The molecular formula is C31H24Zr. The molecule has 0 aromatic heterocycles. The van der Waals surface area contributed by atoms with Crippen LogP contribution in [-0.4, -0.2) is 3.21 Å². The van der Waals surface area contributed by atoms with E-state index in [1.165, 1.54) is 60.8 Å². The molecule has 0 N–H and O–H groups in total. The van der Waals surface area contributed by atoms with Gasteiger partial charge < -0.3 is 0 Å². The van der Waals surface area contributed by atoms with E-state index in [2.05, 4.69) is 115 Å². The predicted molar refractivity (Wildman–Crippen MR) is 131 cm³/mol. The van der Waals surface area contributed by atoms with Crippen molar-refractivity contribution in [1.29, 1.82) is 0 Å². The van der Waals surface area contributed by atoms with Gasteiger partial charge in [0.2, 0.25) is 0 Å². The van der Waals surface area contributed by atoms with Crippen LogP contribution in [0, 0.1) is 12.1 Å². The van der Waals surface area contributed by atoms with Crippen LogP contribution in [0.1, 0.15) is 28.7 Å². The Morgan fingerprint density at radius 2 is 1.31 bits per heavy atom. The molecule has 0 radical (unpaired) electrons. The summed E-state index contributed by atoms with van der Waals surface area (Å²) in [5, 5.41) is 0. The van der Waals surface area contributed by atoms with Crippen LogP contribution >= 0.6 is 0 Å². The summed E-state index contributed by atoms with van der Waals surface area (Å²) in [5.41, 5.74) is 8.17. The number of rotatable bonds is 2. The third-order valence-electron chi connectivity index (χ3n) is 5.33. The van der Waals surface area contributed by atoms with Crippen LogP contribution in [0.15, 0.2) is 121 Å². The maximum absolute atomic E-state index is 3.30. The van der Waals surface area contributed by atoms with E-state index in [9.17, 15) is 0 Å². The monoisotopic (exact) mass is 486 g/mol. The Morgan fingerprint density at radius 3 is 1.91 bits per heavy atom. The van der Waals surface area contributed by atoms with Crippen LogP contribution < -0.4 is 0 Å². The van der Waals surface area contributed by atoms with E-state index in [-0.39, 0.29) is 0 Å². The summed E-state index contributed by atoms with van der Waals surface area (Å²) in [6, 6.07) is 39.2. The first-order valence-electron chi connectivity index (χ1n) is 10.8. The summed E-state index contributed by atoms with van der Waals surface area (Å²) >= 11 is 1.46. The molecule has 0 amide bonds. The van der Waals surface area contributed by atoms with Crippen molar-refractivity contribution in [3.63, 3.8) is 0 Å². The van der Waals surface area contributed by atoms with Gasteiger partial charge in [-0.15, -0.1) is 12.0 Å². The molecule has 0 saturated carbocycles. The maximum atomic E-state index is 3.30. The second-order valence-electron chi connectivity index (χ2n) is 7.51. The van der Waals surface area contributed by atoms with E-state index in [4.69, 9.17) is 0 Å². The molecule has 0 bridgehead atoms. The SMILES string of the molecule is [C-]1=CC=CC1.[Zr+2]=[C](c1ccccc1)c1ccccc1.[c-]1cccc2c1Cc1ccccc1-2. The summed E-state index contributed by atoms with van der Waals surface area (Å²) in [6.45, 7) is 0. The third-order valence-corrected chi connectivity index (χ3v) is 6.75. The first-order valence-corrected chi connectivity index (χ1v) is 12.0. The van der Waals surface area contributed by atoms with Gasteiger partial charge in [-0.1, -0.05) is 35.4 Å². The number of hydrogen-bond acceptors (Lipinski definition) is 0. The van der Waals surface area contributed by atoms with E-state index < -0.39 is 0 Å². The molecule has 0 spiro atoms. The average molecular weight is 488 g/mol. The van der Waals surface area contributed by atoms with Crippen molar-refractivity contribution >= 4 is 3.21 Å². The molecule has 0 fully saturated rings.